The topological polar surface area (TPSA) is 46.3 Å². The Morgan fingerprint density at radius 1 is 1.38 bits per heavy atom. The molecule has 0 saturated carbocycles. The molecule has 0 radical (unpaired) electrons. The van der Waals surface area contributed by atoms with Gasteiger partial charge < -0.3 is 10.6 Å². The zero-order valence-corrected chi connectivity index (χ0v) is 11.5. The van der Waals surface area contributed by atoms with Crippen molar-refractivity contribution in [1.82, 2.24) is 4.90 Å². The number of hydrogen-bond donors (Lipinski definition) is 1. The van der Waals surface area contributed by atoms with E-state index in [-0.39, 0.29) is 24.2 Å². The van der Waals surface area contributed by atoms with E-state index in [4.69, 9.17) is 5.73 Å². The molecule has 4 heteroatoms. The van der Waals surface area contributed by atoms with Crippen LogP contribution in [0.2, 0.25) is 0 Å². The van der Waals surface area contributed by atoms with Crippen LogP contribution in [0, 0.1) is 11.3 Å². The van der Waals surface area contributed by atoms with Gasteiger partial charge >= 0.3 is 0 Å². The lowest BCUT2D eigenvalue weighted by atomic mass is 9.85. The van der Waals surface area contributed by atoms with Crippen LogP contribution in [0.4, 0.5) is 0 Å². The van der Waals surface area contributed by atoms with Gasteiger partial charge in [0.05, 0.1) is 0 Å². The summed E-state index contributed by atoms with van der Waals surface area (Å²) in [6.07, 6.45) is 3.44. The number of rotatable bonds is 2. The number of halogens is 1. The highest BCUT2D eigenvalue weighted by molar-refractivity contribution is 5.85. The Labute approximate surface area is 105 Å². The Hall–Kier alpha value is -0.280. The van der Waals surface area contributed by atoms with E-state index in [2.05, 4.69) is 13.8 Å². The summed E-state index contributed by atoms with van der Waals surface area (Å²) < 4.78 is 0. The largest absolute Gasteiger partial charge is 0.342 e. The fourth-order valence-corrected chi connectivity index (χ4v) is 2.06. The minimum atomic E-state index is -0.0220. The van der Waals surface area contributed by atoms with Crippen molar-refractivity contribution < 1.29 is 4.79 Å². The predicted molar refractivity (Wildman–Crippen MR) is 69.7 cm³/mol. The fraction of sp³-hybridized carbons (Fsp3) is 0.917. The molecule has 1 aliphatic heterocycles. The molecule has 1 atom stereocenters. The summed E-state index contributed by atoms with van der Waals surface area (Å²) in [6, 6.07) is 0. The third-order valence-electron chi connectivity index (χ3n) is 3.43. The summed E-state index contributed by atoms with van der Waals surface area (Å²) in [5, 5.41) is 0. The number of nitrogens with two attached hydrogens (primary N) is 1. The van der Waals surface area contributed by atoms with Crippen LogP contribution in [0.15, 0.2) is 0 Å². The van der Waals surface area contributed by atoms with Crippen LogP contribution in [0.25, 0.3) is 0 Å². The summed E-state index contributed by atoms with van der Waals surface area (Å²) in [4.78, 5) is 13.9. The van der Waals surface area contributed by atoms with Crippen molar-refractivity contribution in [3.8, 4) is 0 Å². The summed E-state index contributed by atoms with van der Waals surface area (Å²) in [6.45, 7) is 8.75. The van der Waals surface area contributed by atoms with Crippen molar-refractivity contribution in [2.45, 2.75) is 40.0 Å². The van der Waals surface area contributed by atoms with Gasteiger partial charge in [-0.1, -0.05) is 20.8 Å². The Morgan fingerprint density at radius 2 is 2.00 bits per heavy atom. The average Bonchev–Trinajstić information content (AvgIpc) is 2.37. The molecular formula is C12H25ClN2O. The van der Waals surface area contributed by atoms with Crippen molar-refractivity contribution in [2.75, 3.05) is 19.6 Å². The molecule has 0 spiro atoms. The number of carbonyl (C=O) groups excluding carboxylic acids is 1. The fourth-order valence-electron chi connectivity index (χ4n) is 2.06. The molecule has 1 aliphatic rings. The first kappa shape index (κ1) is 15.7. The Bertz CT molecular complexity index is 231. The number of nitrogens with zero attached hydrogens (tertiary/aromatic N) is 1. The molecule has 3 nitrogen and oxygen atoms in total. The summed E-state index contributed by atoms with van der Waals surface area (Å²) in [5.41, 5.74) is 5.91. The van der Waals surface area contributed by atoms with E-state index >= 15 is 0 Å². The van der Waals surface area contributed by atoms with E-state index in [1.54, 1.807) is 0 Å². The van der Waals surface area contributed by atoms with Gasteiger partial charge in [0, 0.05) is 25.6 Å². The van der Waals surface area contributed by atoms with Crippen molar-refractivity contribution in [2.24, 2.45) is 17.1 Å². The van der Waals surface area contributed by atoms with Crippen molar-refractivity contribution in [1.29, 1.82) is 0 Å². The molecule has 0 aliphatic carbocycles. The second-order valence-corrected chi connectivity index (χ2v) is 5.48. The zero-order chi connectivity index (χ0) is 11.5. The van der Waals surface area contributed by atoms with Crippen LogP contribution in [-0.2, 0) is 4.79 Å². The molecule has 96 valence electrons. The smallest absolute Gasteiger partial charge is 0.226 e. The maximum atomic E-state index is 11.9. The molecular weight excluding hydrogens is 224 g/mol. The van der Waals surface area contributed by atoms with Gasteiger partial charge in [-0.2, -0.15) is 0 Å². The van der Waals surface area contributed by atoms with E-state index in [1.165, 1.54) is 6.42 Å². The minimum absolute atomic E-state index is 0. The molecule has 2 N–H and O–H groups in total. The molecule has 1 amide bonds. The van der Waals surface area contributed by atoms with Gasteiger partial charge in [0.25, 0.3) is 0 Å². The third-order valence-corrected chi connectivity index (χ3v) is 3.43. The summed E-state index contributed by atoms with van der Waals surface area (Å²) in [5.74, 6) is 0.210. The van der Waals surface area contributed by atoms with Gasteiger partial charge in [0.2, 0.25) is 5.91 Å². The molecule has 1 heterocycles. The Kier molecular flexibility index (Phi) is 6.34. The molecule has 1 fully saturated rings. The number of hydrogen-bond acceptors (Lipinski definition) is 2. The normalized spacial score (nSPS) is 21.9. The predicted octanol–water partition coefficient (Wildman–Crippen LogP) is 2.04. The second-order valence-electron chi connectivity index (χ2n) is 5.48. The quantitative estimate of drug-likeness (QED) is 0.813. The van der Waals surface area contributed by atoms with Gasteiger partial charge in [-0.25, -0.2) is 0 Å². The molecule has 1 unspecified atom stereocenters. The van der Waals surface area contributed by atoms with E-state index in [9.17, 15) is 4.79 Å². The molecule has 16 heavy (non-hydrogen) atoms. The van der Waals surface area contributed by atoms with E-state index < -0.39 is 0 Å². The molecule has 0 aromatic rings. The van der Waals surface area contributed by atoms with Crippen LogP contribution >= 0.6 is 12.4 Å². The second kappa shape index (κ2) is 6.45. The van der Waals surface area contributed by atoms with Crippen molar-refractivity contribution >= 4 is 18.3 Å². The van der Waals surface area contributed by atoms with Crippen LogP contribution in [0.3, 0.4) is 0 Å². The molecule has 1 saturated heterocycles. The van der Waals surface area contributed by atoms with E-state index in [0.29, 0.717) is 12.0 Å². The van der Waals surface area contributed by atoms with E-state index in [1.807, 2.05) is 11.8 Å². The van der Waals surface area contributed by atoms with Gasteiger partial charge in [0.15, 0.2) is 0 Å². The van der Waals surface area contributed by atoms with E-state index in [0.717, 1.165) is 25.9 Å². The maximum absolute atomic E-state index is 11.9. The zero-order valence-electron chi connectivity index (χ0n) is 10.7. The van der Waals surface area contributed by atoms with Crippen molar-refractivity contribution in [3.63, 3.8) is 0 Å². The van der Waals surface area contributed by atoms with Gasteiger partial charge in [0.1, 0.15) is 0 Å². The monoisotopic (exact) mass is 248 g/mol. The van der Waals surface area contributed by atoms with Crippen molar-refractivity contribution in [3.05, 3.63) is 0 Å². The van der Waals surface area contributed by atoms with Crippen LogP contribution in [0.5, 0.6) is 0 Å². The Balaban J connectivity index is 0.00000225. The Morgan fingerprint density at radius 3 is 2.56 bits per heavy atom. The maximum Gasteiger partial charge on any atom is 0.226 e. The van der Waals surface area contributed by atoms with Crippen LogP contribution in [0.1, 0.15) is 40.0 Å². The van der Waals surface area contributed by atoms with Gasteiger partial charge in [-0.3, -0.25) is 4.79 Å². The lowest BCUT2D eigenvalue weighted by Gasteiger charge is -2.25. The van der Waals surface area contributed by atoms with Gasteiger partial charge in [-0.05, 0) is 24.7 Å². The molecule has 0 aromatic carbocycles. The highest BCUT2D eigenvalue weighted by atomic mass is 35.5. The highest BCUT2D eigenvalue weighted by Gasteiger charge is 2.26. The van der Waals surface area contributed by atoms with Gasteiger partial charge in [-0.15, -0.1) is 12.4 Å². The minimum Gasteiger partial charge on any atom is -0.342 e. The molecule has 0 aromatic heterocycles. The first-order valence-corrected chi connectivity index (χ1v) is 5.95. The third kappa shape index (κ3) is 4.30. The average molecular weight is 249 g/mol. The van der Waals surface area contributed by atoms with Crippen LogP contribution < -0.4 is 5.73 Å². The standard InChI is InChI=1S/C12H24N2O.ClH/c1-10(9-13)11(15)14-7-4-5-12(2,3)6-8-14;/h10H,4-9,13H2,1-3H3;1H. The highest BCUT2D eigenvalue weighted by Crippen LogP contribution is 2.30. The van der Waals surface area contributed by atoms with Crippen LogP contribution in [-0.4, -0.2) is 30.4 Å². The summed E-state index contributed by atoms with van der Waals surface area (Å²) in [7, 11) is 0. The molecule has 1 rings (SSSR count). The lowest BCUT2D eigenvalue weighted by molar-refractivity contribution is -0.134. The first-order valence-electron chi connectivity index (χ1n) is 5.95. The SMILES string of the molecule is CC(CN)C(=O)N1CCCC(C)(C)CC1.Cl. The molecule has 0 bridgehead atoms. The lowest BCUT2D eigenvalue weighted by Crippen LogP contribution is -2.38. The summed E-state index contributed by atoms with van der Waals surface area (Å²) >= 11 is 0. The first-order chi connectivity index (χ1) is 6.96. The number of likely N-dealkylation sites (tertiary alicyclic amines) is 1. The number of amides is 1. The number of carbonyl (C=O) groups is 1.